The fourth-order valence-corrected chi connectivity index (χ4v) is 2.88. The van der Waals surface area contributed by atoms with Crippen LogP contribution < -0.4 is 5.32 Å². The van der Waals surface area contributed by atoms with Gasteiger partial charge in [0.25, 0.3) is 0 Å². The molecule has 0 aliphatic heterocycles. The SMILES string of the molecule is CC(=O)Nc1cc(-c2[nH]c3cccnc3c2-c2ccc(F)nc2)ccn1. The van der Waals surface area contributed by atoms with Crippen LogP contribution in [0.5, 0.6) is 0 Å². The molecule has 2 N–H and O–H groups in total. The topological polar surface area (TPSA) is 83.6 Å². The fourth-order valence-electron chi connectivity index (χ4n) is 2.88. The van der Waals surface area contributed by atoms with Crippen molar-refractivity contribution in [2.75, 3.05) is 5.32 Å². The Balaban J connectivity index is 1.94. The van der Waals surface area contributed by atoms with Gasteiger partial charge in [0.2, 0.25) is 11.9 Å². The first-order chi connectivity index (χ1) is 12.6. The number of aromatic amines is 1. The van der Waals surface area contributed by atoms with Crippen molar-refractivity contribution in [3.63, 3.8) is 0 Å². The number of carbonyl (C=O) groups excluding carboxylic acids is 1. The Morgan fingerprint density at radius 1 is 1.08 bits per heavy atom. The number of rotatable bonds is 3. The summed E-state index contributed by atoms with van der Waals surface area (Å²) in [4.78, 5) is 27.0. The lowest BCUT2D eigenvalue weighted by Crippen LogP contribution is -2.07. The molecular weight excluding hydrogens is 333 g/mol. The fraction of sp³-hybridized carbons (Fsp3) is 0.0526. The first-order valence-electron chi connectivity index (χ1n) is 7.94. The molecule has 1 amide bonds. The van der Waals surface area contributed by atoms with Crippen molar-refractivity contribution in [3.8, 4) is 22.4 Å². The molecule has 6 nitrogen and oxygen atoms in total. The zero-order valence-electron chi connectivity index (χ0n) is 13.8. The van der Waals surface area contributed by atoms with Gasteiger partial charge in [-0.3, -0.25) is 9.78 Å². The first-order valence-corrected chi connectivity index (χ1v) is 7.94. The highest BCUT2D eigenvalue weighted by atomic mass is 19.1. The maximum Gasteiger partial charge on any atom is 0.222 e. The third-order valence-corrected chi connectivity index (χ3v) is 3.92. The van der Waals surface area contributed by atoms with Gasteiger partial charge in [-0.2, -0.15) is 4.39 Å². The molecule has 0 aliphatic rings. The number of fused-ring (bicyclic) bond motifs is 1. The van der Waals surface area contributed by atoms with Gasteiger partial charge in [0.1, 0.15) is 5.82 Å². The summed E-state index contributed by atoms with van der Waals surface area (Å²) in [5.74, 6) is -0.291. The second kappa shape index (κ2) is 6.36. The van der Waals surface area contributed by atoms with E-state index in [9.17, 15) is 9.18 Å². The molecule has 0 fully saturated rings. The molecule has 0 radical (unpaired) electrons. The summed E-state index contributed by atoms with van der Waals surface area (Å²) in [6, 6.07) is 10.3. The molecule has 0 atom stereocenters. The smallest absolute Gasteiger partial charge is 0.222 e. The van der Waals surface area contributed by atoms with Gasteiger partial charge in [-0.1, -0.05) is 0 Å². The zero-order valence-corrected chi connectivity index (χ0v) is 13.8. The van der Waals surface area contributed by atoms with Crippen molar-refractivity contribution >= 4 is 22.8 Å². The number of nitrogens with zero attached hydrogens (tertiary/aromatic N) is 3. The third-order valence-electron chi connectivity index (χ3n) is 3.92. The molecule has 128 valence electrons. The van der Waals surface area contributed by atoms with Crippen LogP contribution in [0.4, 0.5) is 10.2 Å². The maximum atomic E-state index is 13.3. The highest BCUT2D eigenvalue weighted by Crippen LogP contribution is 2.37. The molecule has 26 heavy (non-hydrogen) atoms. The van der Waals surface area contributed by atoms with E-state index < -0.39 is 5.95 Å². The van der Waals surface area contributed by atoms with Crippen molar-refractivity contribution in [1.29, 1.82) is 0 Å². The number of aromatic nitrogens is 4. The van der Waals surface area contributed by atoms with Crippen molar-refractivity contribution in [2.24, 2.45) is 0 Å². The molecule has 4 aromatic heterocycles. The normalized spacial score (nSPS) is 10.8. The van der Waals surface area contributed by atoms with E-state index in [0.717, 1.165) is 33.4 Å². The molecule has 0 unspecified atom stereocenters. The van der Waals surface area contributed by atoms with E-state index in [4.69, 9.17) is 0 Å². The van der Waals surface area contributed by atoms with E-state index in [0.29, 0.717) is 5.82 Å². The molecule has 7 heteroatoms. The molecule has 0 spiro atoms. The molecule has 0 saturated carbocycles. The van der Waals surface area contributed by atoms with Crippen LogP contribution in [0.15, 0.2) is 55.0 Å². The van der Waals surface area contributed by atoms with Crippen LogP contribution in [0.25, 0.3) is 33.4 Å². The van der Waals surface area contributed by atoms with Gasteiger partial charge in [-0.25, -0.2) is 9.97 Å². The number of nitrogens with one attached hydrogen (secondary N) is 2. The zero-order chi connectivity index (χ0) is 18.1. The number of pyridine rings is 3. The van der Waals surface area contributed by atoms with Gasteiger partial charge in [0.15, 0.2) is 0 Å². The van der Waals surface area contributed by atoms with Crippen molar-refractivity contribution in [3.05, 3.63) is 60.9 Å². The molecule has 4 rings (SSSR count). The Hall–Kier alpha value is -3.61. The van der Waals surface area contributed by atoms with Crippen LogP contribution in [0.1, 0.15) is 6.92 Å². The van der Waals surface area contributed by atoms with Gasteiger partial charge in [-0.15, -0.1) is 0 Å². The van der Waals surface area contributed by atoms with E-state index in [1.54, 1.807) is 24.5 Å². The van der Waals surface area contributed by atoms with Crippen LogP contribution in [0.3, 0.4) is 0 Å². The second-order valence-corrected chi connectivity index (χ2v) is 5.76. The molecule has 4 aromatic rings. The number of carbonyl (C=O) groups is 1. The molecule has 4 heterocycles. The number of amides is 1. The lowest BCUT2D eigenvalue weighted by molar-refractivity contribution is -0.114. The minimum atomic E-state index is -0.542. The van der Waals surface area contributed by atoms with Gasteiger partial charge < -0.3 is 10.3 Å². The molecule has 0 aliphatic carbocycles. The Kier molecular flexibility index (Phi) is 3.89. The summed E-state index contributed by atoms with van der Waals surface area (Å²) in [5.41, 5.74) is 4.77. The van der Waals surface area contributed by atoms with Crippen LogP contribution >= 0.6 is 0 Å². The summed E-state index contributed by atoms with van der Waals surface area (Å²) in [7, 11) is 0. The molecule has 0 aromatic carbocycles. The first kappa shape index (κ1) is 15.9. The quantitative estimate of drug-likeness (QED) is 0.552. The lowest BCUT2D eigenvalue weighted by Gasteiger charge is -2.07. The Morgan fingerprint density at radius 2 is 1.96 bits per heavy atom. The van der Waals surface area contributed by atoms with Crippen LogP contribution in [-0.2, 0) is 4.79 Å². The predicted octanol–water partition coefficient (Wildman–Crippen LogP) is 3.78. The lowest BCUT2D eigenvalue weighted by atomic mass is 10.0. The Bertz CT molecular complexity index is 1100. The summed E-state index contributed by atoms with van der Waals surface area (Å²) >= 11 is 0. The van der Waals surface area contributed by atoms with E-state index >= 15 is 0 Å². The molecule has 0 bridgehead atoms. The van der Waals surface area contributed by atoms with Crippen molar-refractivity contribution in [1.82, 2.24) is 19.9 Å². The monoisotopic (exact) mass is 347 g/mol. The number of H-pyrrole nitrogens is 1. The van der Waals surface area contributed by atoms with Gasteiger partial charge in [0.05, 0.1) is 16.7 Å². The highest BCUT2D eigenvalue weighted by molar-refractivity contribution is 6.01. The van der Waals surface area contributed by atoms with E-state index in [1.807, 2.05) is 18.2 Å². The van der Waals surface area contributed by atoms with Gasteiger partial charge >= 0.3 is 0 Å². The average molecular weight is 347 g/mol. The van der Waals surface area contributed by atoms with Crippen LogP contribution in [-0.4, -0.2) is 25.8 Å². The third kappa shape index (κ3) is 2.90. The standard InChI is InChI=1S/C19H14FN5O/c1-11(26)24-16-9-12(6-8-21-16)18-17(13-4-5-15(20)23-10-13)19-14(25-18)3-2-7-22-19/h2-10,25H,1H3,(H,21,24,26). The average Bonchev–Trinajstić information content (AvgIpc) is 3.02. The molecular formula is C19H14FN5O. The maximum absolute atomic E-state index is 13.3. The minimum Gasteiger partial charge on any atom is -0.353 e. The number of hydrogen-bond donors (Lipinski definition) is 2. The van der Waals surface area contributed by atoms with Gasteiger partial charge in [-0.05, 0) is 36.4 Å². The Morgan fingerprint density at radius 3 is 2.73 bits per heavy atom. The van der Waals surface area contributed by atoms with Crippen LogP contribution in [0, 0.1) is 5.95 Å². The number of hydrogen-bond acceptors (Lipinski definition) is 4. The summed E-state index contributed by atoms with van der Waals surface area (Å²) in [6.07, 6.45) is 4.80. The predicted molar refractivity (Wildman–Crippen MR) is 96.8 cm³/mol. The summed E-state index contributed by atoms with van der Waals surface area (Å²) in [6.45, 7) is 1.43. The number of anilines is 1. The highest BCUT2D eigenvalue weighted by Gasteiger charge is 2.17. The van der Waals surface area contributed by atoms with E-state index in [-0.39, 0.29) is 5.91 Å². The van der Waals surface area contributed by atoms with Crippen molar-refractivity contribution < 1.29 is 9.18 Å². The minimum absolute atomic E-state index is 0.198. The Labute approximate surface area is 148 Å². The molecule has 0 saturated heterocycles. The van der Waals surface area contributed by atoms with E-state index in [2.05, 4.69) is 25.3 Å². The van der Waals surface area contributed by atoms with Crippen molar-refractivity contribution in [2.45, 2.75) is 6.92 Å². The van der Waals surface area contributed by atoms with Crippen LogP contribution in [0.2, 0.25) is 0 Å². The summed E-state index contributed by atoms with van der Waals surface area (Å²) < 4.78 is 13.3. The van der Waals surface area contributed by atoms with E-state index in [1.165, 1.54) is 19.2 Å². The largest absolute Gasteiger partial charge is 0.353 e. The number of halogens is 1. The summed E-state index contributed by atoms with van der Waals surface area (Å²) in [5, 5.41) is 2.67. The second-order valence-electron chi connectivity index (χ2n) is 5.76. The van der Waals surface area contributed by atoms with Gasteiger partial charge in [0, 0.05) is 42.2 Å².